The zero-order valence-electron chi connectivity index (χ0n) is 16.8. The van der Waals surface area contributed by atoms with Crippen LogP contribution in [0.25, 0.3) is 0 Å². The Kier molecular flexibility index (Phi) is 7.21. The molecular weight excluding hydrogens is 392 g/mol. The first-order chi connectivity index (χ1) is 14.5. The minimum absolute atomic E-state index is 0.0726. The lowest BCUT2D eigenvalue weighted by molar-refractivity contribution is -0.126. The van der Waals surface area contributed by atoms with E-state index in [1.165, 1.54) is 30.3 Å². The summed E-state index contributed by atoms with van der Waals surface area (Å²) in [6.07, 6.45) is 1.09. The molecule has 0 aliphatic carbocycles. The van der Waals surface area contributed by atoms with E-state index in [2.05, 4.69) is 10.6 Å². The molecule has 0 atom stereocenters. The topological polar surface area (TPSA) is 70.7 Å². The van der Waals surface area contributed by atoms with Crippen molar-refractivity contribution in [1.82, 2.24) is 10.2 Å². The average Bonchev–Trinajstić information content (AvgIpc) is 2.75. The quantitative estimate of drug-likeness (QED) is 0.748. The maximum atomic E-state index is 13.4. The van der Waals surface area contributed by atoms with Gasteiger partial charge in [-0.3, -0.25) is 4.79 Å². The number of amides is 3. The van der Waals surface area contributed by atoms with Gasteiger partial charge in [0.1, 0.15) is 17.4 Å². The summed E-state index contributed by atoms with van der Waals surface area (Å²) in [5.41, 5.74) is 1.23. The third-order valence-corrected chi connectivity index (χ3v) is 5.02. The standard InChI is InChI=1S/C22H25F2N3O3/c1-2-30-20-13-18(24)7-8-19(20)26-22(29)27-11-9-16(10-12-27)21(28)25-14-15-3-5-17(23)6-4-15/h3-8,13,16H,2,9-12,14H2,1H3,(H,25,28)(H,26,29). The molecule has 0 spiro atoms. The zero-order valence-corrected chi connectivity index (χ0v) is 16.8. The number of ether oxygens (including phenoxy) is 1. The highest BCUT2D eigenvalue weighted by atomic mass is 19.1. The third-order valence-electron chi connectivity index (χ3n) is 5.02. The molecule has 8 heteroatoms. The first-order valence-electron chi connectivity index (χ1n) is 9.96. The van der Waals surface area contributed by atoms with Gasteiger partial charge in [-0.2, -0.15) is 0 Å². The van der Waals surface area contributed by atoms with Gasteiger partial charge in [-0.25, -0.2) is 13.6 Å². The monoisotopic (exact) mass is 417 g/mol. The number of anilines is 1. The van der Waals surface area contributed by atoms with Crippen molar-refractivity contribution in [2.24, 2.45) is 5.92 Å². The molecule has 0 aromatic heterocycles. The number of nitrogens with one attached hydrogen (secondary N) is 2. The second kappa shape index (κ2) is 10.0. The molecule has 1 heterocycles. The number of hydrogen-bond acceptors (Lipinski definition) is 3. The maximum absolute atomic E-state index is 13.4. The van der Waals surface area contributed by atoms with Crippen LogP contribution in [0.5, 0.6) is 5.75 Å². The minimum atomic E-state index is -0.441. The van der Waals surface area contributed by atoms with Crippen LogP contribution in [0.2, 0.25) is 0 Å². The van der Waals surface area contributed by atoms with Gasteiger partial charge in [-0.1, -0.05) is 12.1 Å². The highest BCUT2D eigenvalue weighted by molar-refractivity contribution is 5.91. The molecule has 0 radical (unpaired) electrons. The summed E-state index contributed by atoms with van der Waals surface area (Å²) < 4.78 is 31.7. The SMILES string of the molecule is CCOc1cc(F)ccc1NC(=O)N1CCC(C(=O)NCc2ccc(F)cc2)CC1. The first kappa shape index (κ1) is 21.5. The highest BCUT2D eigenvalue weighted by Gasteiger charge is 2.27. The number of carbonyl (C=O) groups is 2. The van der Waals surface area contributed by atoms with E-state index in [1.54, 1.807) is 24.0 Å². The van der Waals surface area contributed by atoms with E-state index in [-0.39, 0.29) is 29.4 Å². The molecule has 3 amide bonds. The molecule has 30 heavy (non-hydrogen) atoms. The lowest BCUT2D eigenvalue weighted by Gasteiger charge is -2.31. The summed E-state index contributed by atoms with van der Waals surface area (Å²) in [6, 6.07) is 9.63. The van der Waals surface area contributed by atoms with Crippen LogP contribution >= 0.6 is 0 Å². The predicted octanol–water partition coefficient (Wildman–Crippen LogP) is 3.92. The Morgan fingerprint density at radius 2 is 1.73 bits per heavy atom. The van der Waals surface area contributed by atoms with E-state index in [0.29, 0.717) is 44.8 Å². The number of halogens is 2. The van der Waals surface area contributed by atoms with Crippen LogP contribution in [0, 0.1) is 17.6 Å². The fourth-order valence-corrected chi connectivity index (χ4v) is 3.35. The molecule has 1 aliphatic rings. The summed E-state index contributed by atoms with van der Waals surface area (Å²) in [7, 11) is 0. The molecule has 0 unspecified atom stereocenters. The van der Waals surface area contributed by atoms with E-state index in [0.717, 1.165) is 5.56 Å². The Bertz CT molecular complexity index is 882. The van der Waals surface area contributed by atoms with Crippen molar-refractivity contribution in [1.29, 1.82) is 0 Å². The van der Waals surface area contributed by atoms with Crippen molar-refractivity contribution >= 4 is 17.6 Å². The normalized spacial score (nSPS) is 14.3. The molecule has 0 bridgehead atoms. The Labute approximate surface area is 174 Å². The second-order valence-electron chi connectivity index (χ2n) is 7.11. The number of carbonyl (C=O) groups excluding carboxylic acids is 2. The van der Waals surface area contributed by atoms with Crippen molar-refractivity contribution in [2.45, 2.75) is 26.3 Å². The molecule has 3 rings (SSSR count). The van der Waals surface area contributed by atoms with E-state index in [1.807, 2.05) is 0 Å². The molecule has 0 saturated carbocycles. The Morgan fingerprint density at radius 3 is 2.40 bits per heavy atom. The van der Waals surface area contributed by atoms with Crippen LogP contribution in [-0.2, 0) is 11.3 Å². The number of rotatable bonds is 6. The number of benzene rings is 2. The fraction of sp³-hybridized carbons (Fsp3) is 0.364. The minimum Gasteiger partial charge on any atom is -0.492 e. The van der Waals surface area contributed by atoms with Gasteiger partial charge < -0.3 is 20.3 Å². The average molecular weight is 417 g/mol. The van der Waals surface area contributed by atoms with Crippen molar-refractivity contribution in [3.05, 3.63) is 59.7 Å². The number of nitrogens with zero attached hydrogens (tertiary/aromatic N) is 1. The van der Waals surface area contributed by atoms with E-state index < -0.39 is 5.82 Å². The number of piperidine rings is 1. The number of urea groups is 1. The van der Waals surface area contributed by atoms with Gasteiger partial charge in [-0.15, -0.1) is 0 Å². The lowest BCUT2D eigenvalue weighted by atomic mass is 9.96. The van der Waals surface area contributed by atoms with E-state index >= 15 is 0 Å². The van der Waals surface area contributed by atoms with Gasteiger partial charge in [0.15, 0.2) is 0 Å². The smallest absolute Gasteiger partial charge is 0.321 e. The largest absolute Gasteiger partial charge is 0.492 e. The molecule has 1 aliphatic heterocycles. The van der Waals surface area contributed by atoms with Gasteiger partial charge in [0, 0.05) is 31.6 Å². The van der Waals surface area contributed by atoms with Crippen LogP contribution in [0.1, 0.15) is 25.3 Å². The molecule has 6 nitrogen and oxygen atoms in total. The molecule has 2 aromatic carbocycles. The van der Waals surface area contributed by atoms with Crippen molar-refractivity contribution < 1.29 is 23.1 Å². The number of hydrogen-bond donors (Lipinski definition) is 2. The van der Waals surface area contributed by atoms with Crippen molar-refractivity contribution in [3.63, 3.8) is 0 Å². The Morgan fingerprint density at radius 1 is 1.07 bits per heavy atom. The second-order valence-corrected chi connectivity index (χ2v) is 7.11. The summed E-state index contributed by atoms with van der Waals surface area (Å²) in [5, 5.41) is 5.62. The molecule has 1 fully saturated rings. The number of likely N-dealkylation sites (tertiary alicyclic amines) is 1. The van der Waals surface area contributed by atoms with Crippen LogP contribution in [0.3, 0.4) is 0 Å². The zero-order chi connectivity index (χ0) is 21.5. The van der Waals surface area contributed by atoms with E-state index in [9.17, 15) is 18.4 Å². The van der Waals surface area contributed by atoms with Crippen LogP contribution in [0.4, 0.5) is 19.3 Å². The maximum Gasteiger partial charge on any atom is 0.321 e. The van der Waals surface area contributed by atoms with E-state index in [4.69, 9.17) is 4.74 Å². The lowest BCUT2D eigenvalue weighted by Crippen LogP contribution is -2.44. The van der Waals surface area contributed by atoms with Crippen molar-refractivity contribution in [2.75, 3.05) is 25.0 Å². The molecular formula is C22H25F2N3O3. The Balaban J connectivity index is 1.48. The molecule has 2 aromatic rings. The third kappa shape index (κ3) is 5.68. The van der Waals surface area contributed by atoms with Crippen LogP contribution in [-0.4, -0.2) is 36.5 Å². The van der Waals surface area contributed by atoms with Gasteiger partial charge in [0.2, 0.25) is 5.91 Å². The van der Waals surface area contributed by atoms with Crippen LogP contribution < -0.4 is 15.4 Å². The van der Waals surface area contributed by atoms with Crippen LogP contribution in [0.15, 0.2) is 42.5 Å². The summed E-state index contributed by atoms with van der Waals surface area (Å²) >= 11 is 0. The predicted molar refractivity (Wildman–Crippen MR) is 109 cm³/mol. The first-order valence-corrected chi connectivity index (χ1v) is 9.96. The molecule has 2 N–H and O–H groups in total. The Hall–Kier alpha value is -3.16. The highest BCUT2D eigenvalue weighted by Crippen LogP contribution is 2.26. The summed E-state index contributed by atoms with van der Waals surface area (Å²) in [4.78, 5) is 26.6. The molecule has 160 valence electrons. The van der Waals surface area contributed by atoms with Crippen molar-refractivity contribution in [3.8, 4) is 5.75 Å². The summed E-state index contributed by atoms with van der Waals surface area (Å²) in [5.74, 6) is -0.731. The van der Waals surface area contributed by atoms with Gasteiger partial charge in [-0.05, 0) is 49.6 Å². The van der Waals surface area contributed by atoms with Gasteiger partial charge in [0.05, 0.1) is 12.3 Å². The fourth-order valence-electron chi connectivity index (χ4n) is 3.35. The van der Waals surface area contributed by atoms with Gasteiger partial charge in [0.25, 0.3) is 0 Å². The molecule has 1 saturated heterocycles. The van der Waals surface area contributed by atoms with Gasteiger partial charge >= 0.3 is 6.03 Å². The summed E-state index contributed by atoms with van der Waals surface area (Å²) in [6.45, 7) is 3.34.